The van der Waals surface area contributed by atoms with E-state index in [4.69, 9.17) is 28.0 Å². The normalized spacial score (nSPS) is 14.2. The highest BCUT2D eigenvalue weighted by molar-refractivity contribution is 7.80. The van der Waals surface area contributed by atoms with Gasteiger partial charge in [0, 0.05) is 24.5 Å². The first-order valence-corrected chi connectivity index (χ1v) is 11.1. The smallest absolute Gasteiger partial charge is 0.327 e. The second-order valence-corrected chi connectivity index (χ2v) is 7.68. The third kappa shape index (κ3) is 12.8. The van der Waals surface area contributed by atoms with E-state index >= 15 is 0 Å². The lowest BCUT2D eigenvalue weighted by Crippen LogP contribution is -2.57. The lowest BCUT2D eigenvalue weighted by atomic mass is 10.1. The average molecular weight is 509 g/mol. The molecule has 0 aromatic rings. The molecule has 0 heterocycles. The number of nitrogens with one attached hydrogen (secondary N) is 3. The molecule has 4 unspecified atom stereocenters. The van der Waals surface area contributed by atoms with Crippen LogP contribution in [0.25, 0.3) is 0 Å². The molecule has 0 radical (unpaired) electrons. The van der Waals surface area contributed by atoms with Crippen LogP contribution in [0.5, 0.6) is 0 Å². The summed E-state index contributed by atoms with van der Waals surface area (Å²) in [5, 5.41) is 16.2. The minimum absolute atomic E-state index is 0.0259. The molecule has 4 atom stereocenters. The van der Waals surface area contributed by atoms with Gasteiger partial charge in [-0.3, -0.25) is 24.2 Å². The highest BCUT2D eigenvalue weighted by atomic mass is 32.1. The molecule has 0 rings (SSSR count). The Morgan fingerprint density at radius 3 is 1.79 bits per heavy atom. The van der Waals surface area contributed by atoms with Gasteiger partial charge in [-0.1, -0.05) is 0 Å². The van der Waals surface area contributed by atoms with Crippen molar-refractivity contribution in [2.75, 3.05) is 18.1 Å². The second-order valence-electron chi connectivity index (χ2n) is 6.95. The summed E-state index contributed by atoms with van der Waals surface area (Å²) in [4.78, 5) is 63.8. The fourth-order valence-electron chi connectivity index (χ4n) is 2.42. The van der Waals surface area contributed by atoms with E-state index in [1.165, 1.54) is 0 Å². The van der Waals surface area contributed by atoms with E-state index in [1.54, 1.807) is 0 Å². The van der Waals surface area contributed by atoms with E-state index in [0.29, 0.717) is 6.42 Å². The van der Waals surface area contributed by atoms with Crippen molar-refractivity contribution >= 4 is 60.8 Å². The van der Waals surface area contributed by atoms with E-state index in [0.717, 1.165) is 0 Å². The molecule has 0 bridgehead atoms. The van der Waals surface area contributed by atoms with Gasteiger partial charge in [0.2, 0.25) is 23.6 Å². The number of carbonyl (C=O) groups is 5. The minimum atomic E-state index is -1.33. The fourth-order valence-corrected chi connectivity index (χ4v) is 2.83. The molecule has 4 amide bonds. The zero-order valence-corrected chi connectivity index (χ0v) is 19.7. The van der Waals surface area contributed by atoms with Crippen LogP contribution in [0.3, 0.4) is 0 Å². The Hall–Kier alpha value is -2.72. The molecule has 0 aliphatic rings. The van der Waals surface area contributed by atoms with Gasteiger partial charge in [-0.15, -0.1) is 0 Å². The summed E-state index contributed by atoms with van der Waals surface area (Å²) in [5.74, 6) is -4.65. The molecular formula is C17H32N8O6S2. The average Bonchev–Trinajstić information content (AvgIpc) is 2.75. The Balaban J connectivity index is 5.50. The molecule has 0 aliphatic carbocycles. The number of carboxylic acids is 1. The number of amides is 4. The largest absolute Gasteiger partial charge is 0.480 e. The van der Waals surface area contributed by atoms with Gasteiger partial charge in [-0.2, -0.15) is 25.3 Å². The van der Waals surface area contributed by atoms with Crippen molar-refractivity contribution in [1.82, 2.24) is 16.0 Å². The number of aliphatic carboxylic acids is 1. The third-order valence-electron chi connectivity index (χ3n) is 4.22. The van der Waals surface area contributed by atoms with Gasteiger partial charge >= 0.3 is 5.97 Å². The lowest BCUT2D eigenvalue weighted by Gasteiger charge is -2.24. The predicted molar refractivity (Wildman–Crippen MR) is 127 cm³/mol. The van der Waals surface area contributed by atoms with Crippen molar-refractivity contribution in [3.05, 3.63) is 0 Å². The quantitative estimate of drug-likeness (QED) is 0.0421. The van der Waals surface area contributed by atoms with Crippen LogP contribution in [-0.2, 0) is 24.0 Å². The molecule has 188 valence electrons. The van der Waals surface area contributed by atoms with Crippen molar-refractivity contribution in [3.63, 3.8) is 0 Å². The minimum Gasteiger partial charge on any atom is -0.480 e. The summed E-state index contributed by atoms with van der Waals surface area (Å²) in [6, 6.07) is -4.73. The van der Waals surface area contributed by atoms with Crippen LogP contribution in [-0.4, -0.2) is 82.9 Å². The van der Waals surface area contributed by atoms with Gasteiger partial charge in [0.15, 0.2) is 5.96 Å². The summed E-state index contributed by atoms with van der Waals surface area (Å²) in [6.07, 6.45) is -0.0723. The first-order valence-electron chi connectivity index (χ1n) is 9.87. The Morgan fingerprint density at radius 1 is 0.818 bits per heavy atom. The van der Waals surface area contributed by atoms with Crippen LogP contribution < -0.4 is 38.9 Å². The molecule has 0 spiro atoms. The van der Waals surface area contributed by atoms with E-state index in [9.17, 15) is 24.0 Å². The maximum atomic E-state index is 12.9. The first kappa shape index (κ1) is 30.3. The van der Waals surface area contributed by atoms with Crippen LogP contribution in [0.1, 0.15) is 25.7 Å². The van der Waals surface area contributed by atoms with Crippen molar-refractivity contribution in [3.8, 4) is 0 Å². The van der Waals surface area contributed by atoms with Crippen molar-refractivity contribution in [2.45, 2.75) is 49.9 Å². The SMILES string of the molecule is NC(=O)CCC(NC(=O)C(CCCN=C(N)N)NC(=O)C(N)CS)C(=O)NC(CS)C(=O)O. The molecule has 16 heteroatoms. The van der Waals surface area contributed by atoms with Crippen LogP contribution in [0.4, 0.5) is 0 Å². The van der Waals surface area contributed by atoms with E-state index < -0.39 is 53.8 Å². The molecule has 0 saturated heterocycles. The first-order chi connectivity index (χ1) is 15.4. The van der Waals surface area contributed by atoms with Crippen molar-refractivity contribution < 1.29 is 29.1 Å². The van der Waals surface area contributed by atoms with Crippen molar-refractivity contribution in [2.24, 2.45) is 27.9 Å². The summed E-state index contributed by atoms with van der Waals surface area (Å²) in [6.45, 7) is 0.175. The molecule has 14 nitrogen and oxygen atoms in total. The summed E-state index contributed by atoms with van der Waals surface area (Å²) in [7, 11) is 0. The van der Waals surface area contributed by atoms with Gasteiger partial charge in [0.1, 0.15) is 18.1 Å². The molecule has 0 aromatic carbocycles. The lowest BCUT2D eigenvalue weighted by molar-refractivity contribution is -0.141. The molecule has 0 saturated carbocycles. The summed E-state index contributed by atoms with van der Waals surface area (Å²) < 4.78 is 0. The van der Waals surface area contributed by atoms with Crippen LogP contribution in [0.15, 0.2) is 4.99 Å². The molecule has 0 aliphatic heterocycles. The third-order valence-corrected chi connectivity index (χ3v) is 4.98. The maximum absolute atomic E-state index is 12.9. The second kappa shape index (κ2) is 16.0. The monoisotopic (exact) mass is 508 g/mol. The zero-order chi connectivity index (χ0) is 25.6. The number of carboxylic acid groups (broad SMARTS) is 1. The number of aliphatic imine (C=N–C) groups is 1. The number of nitrogens with zero attached hydrogens (tertiary/aromatic N) is 1. The number of thiol groups is 2. The highest BCUT2D eigenvalue weighted by Gasteiger charge is 2.30. The van der Waals surface area contributed by atoms with E-state index in [-0.39, 0.29) is 43.3 Å². The molecular weight excluding hydrogens is 476 g/mol. The van der Waals surface area contributed by atoms with Crippen LogP contribution in [0, 0.1) is 0 Å². The Kier molecular flexibility index (Phi) is 14.7. The van der Waals surface area contributed by atoms with Gasteiger partial charge in [-0.05, 0) is 19.3 Å². The number of primary amides is 1. The summed E-state index contributed by atoms with van der Waals surface area (Å²) >= 11 is 7.80. The number of rotatable bonds is 16. The number of nitrogens with two attached hydrogens (primary N) is 4. The molecule has 0 fully saturated rings. The fraction of sp³-hybridized carbons (Fsp3) is 0.647. The van der Waals surface area contributed by atoms with Crippen molar-refractivity contribution in [1.29, 1.82) is 0 Å². The maximum Gasteiger partial charge on any atom is 0.327 e. The standard InChI is InChI=1S/C17H32N8O6S2/c18-8(6-32)13(27)23-9(2-1-5-22-17(20)21)14(28)24-10(3-4-12(19)26)15(29)25-11(7-33)16(30)31/h8-11,32-33H,1-7,18H2,(H2,19,26)(H,23,27)(H,24,28)(H,25,29)(H,30,31)(H4,20,21,22). The number of carbonyl (C=O) groups excluding carboxylic acids is 4. The van der Waals surface area contributed by atoms with E-state index in [1.807, 2.05) is 0 Å². The number of guanidine groups is 1. The van der Waals surface area contributed by atoms with Crippen LogP contribution >= 0.6 is 25.3 Å². The Morgan fingerprint density at radius 2 is 1.33 bits per heavy atom. The Bertz CT molecular complexity index is 734. The Labute approximate surface area is 201 Å². The van der Waals surface area contributed by atoms with E-state index in [2.05, 4.69) is 46.2 Å². The topological polar surface area (TPSA) is 258 Å². The highest BCUT2D eigenvalue weighted by Crippen LogP contribution is 2.04. The van der Waals surface area contributed by atoms with Gasteiger partial charge in [-0.25, -0.2) is 4.79 Å². The zero-order valence-electron chi connectivity index (χ0n) is 17.9. The van der Waals surface area contributed by atoms with Gasteiger partial charge < -0.3 is 44.0 Å². The molecule has 0 aromatic heterocycles. The number of hydrogen-bond donors (Lipinski definition) is 10. The van der Waals surface area contributed by atoms with Gasteiger partial charge in [0.25, 0.3) is 0 Å². The van der Waals surface area contributed by atoms with Crippen LogP contribution in [0.2, 0.25) is 0 Å². The summed E-state index contributed by atoms with van der Waals surface area (Å²) in [5.41, 5.74) is 21.3. The predicted octanol–water partition coefficient (Wildman–Crippen LogP) is -3.97. The molecule has 12 N–H and O–H groups in total. The van der Waals surface area contributed by atoms with Gasteiger partial charge in [0.05, 0.1) is 6.04 Å². The number of hydrogen-bond acceptors (Lipinski definition) is 9. The molecule has 33 heavy (non-hydrogen) atoms.